The van der Waals surface area contributed by atoms with Gasteiger partial charge in [0.15, 0.2) is 5.78 Å². The minimum atomic E-state index is -0.496. The smallest absolute Gasteiger partial charge is 0.226 e. The van der Waals surface area contributed by atoms with Gasteiger partial charge in [-0.2, -0.15) is 0 Å². The van der Waals surface area contributed by atoms with E-state index in [4.69, 9.17) is 16.6 Å². The van der Waals surface area contributed by atoms with Gasteiger partial charge in [-0.05, 0) is 43.6 Å². The molecule has 6 nitrogen and oxygen atoms in total. The van der Waals surface area contributed by atoms with Crippen molar-refractivity contribution in [3.8, 4) is 11.4 Å². The quantitative estimate of drug-likeness (QED) is 0.614. The lowest BCUT2D eigenvalue weighted by Crippen LogP contribution is -2.38. The molecule has 2 aromatic rings. The van der Waals surface area contributed by atoms with Crippen molar-refractivity contribution >= 4 is 23.3 Å². The van der Waals surface area contributed by atoms with Crippen molar-refractivity contribution in [2.75, 3.05) is 27.7 Å². The molecule has 0 unspecified atom stereocenters. The third-order valence-corrected chi connectivity index (χ3v) is 6.32. The van der Waals surface area contributed by atoms with Crippen molar-refractivity contribution < 1.29 is 14.0 Å². The lowest BCUT2D eigenvalue weighted by atomic mass is 9.76. The first-order chi connectivity index (χ1) is 14.9. The number of fused-ring (bicyclic) bond motifs is 1. The van der Waals surface area contributed by atoms with Crippen molar-refractivity contribution in [2.45, 2.75) is 46.7 Å². The molecular formula is C24H32ClFN4O2. The number of carbonyl (C=O) groups excluding carboxylic acids is 2. The predicted octanol–water partition coefficient (Wildman–Crippen LogP) is 4.50. The topological polar surface area (TPSA) is 58.4 Å². The number of carbonyl (C=O) groups is 2. The Kier molecular flexibility index (Phi) is 7.10. The van der Waals surface area contributed by atoms with E-state index >= 15 is 0 Å². The van der Waals surface area contributed by atoms with E-state index in [1.54, 1.807) is 26.2 Å². The second-order valence-corrected chi connectivity index (χ2v) is 10.3. The molecule has 0 bridgehead atoms. The highest BCUT2D eigenvalue weighted by Crippen LogP contribution is 2.34. The lowest BCUT2D eigenvalue weighted by molar-refractivity contribution is -0.136. The highest BCUT2D eigenvalue weighted by Gasteiger charge is 2.36. The summed E-state index contributed by atoms with van der Waals surface area (Å²) in [6.45, 7) is 8.08. The summed E-state index contributed by atoms with van der Waals surface area (Å²) in [5, 5.41) is 0.0165. The molecule has 0 radical (unpaired) electrons. The van der Waals surface area contributed by atoms with E-state index in [1.807, 2.05) is 32.4 Å². The van der Waals surface area contributed by atoms with Gasteiger partial charge in [-0.1, -0.05) is 32.4 Å². The molecule has 0 N–H and O–H groups in total. The second-order valence-electron chi connectivity index (χ2n) is 9.88. The SMILES string of the molecule is CN1CCCn2c(-c3ccc(F)c(Cl)c3)nc(C(=O)C[C@H](C(=O)N(C)C)C(C)(C)C)c2C1. The van der Waals surface area contributed by atoms with Gasteiger partial charge in [0.1, 0.15) is 17.3 Å². The van der Waals surface area contributed by atoms with Crippen molar-refractivity contribution in [2.24, 2.45) is 11.3 Å². The lowest BCUT2D eigenvalue weighted by Gasteiger charge is -2.31. The fraction of sp³-hybridized carbons (Fsp3) is 0.542. The molecule has 0 aliphatic carbocycles. The Morgan fingerprint density at radius 3 is 2.53 bits per heavy atom. The number of aromatic nitrogens is 2. The molecule has 8 heteroatoms. The zero-order valence-electron chi connectivity index (χ0n) is 19.7. The maximum atomic E-state index is 13.7. The van der Waals surface area contributed by atoms with Crippen LogP contribution in [0.1, 0.15) is 49.8 Å². The van der Waals surface area contributed by atoms with Gasteiger partial charge in [-0.15, -0.1) is 0 Å². The Balaban J connectivity index is 2.07. The number of hydrogen-bond donors (Lipinski definition) is 0. The number of rotatable bonds is 5. The summed E-state index contributed by atoms with van der Waals surface area (Å²) in [5.41, 5.74) is 1.50. The van der Waals surface area contributed by atoms with Crippen molar-refractivity contribution in [1.29, 1.82) is 0 Å². The van der Waals surface area contributed by atoms with E-state index in [1.165, 1.54) is 11.0 Å². The molecular weight excluding hydrogens is 431 g/mol. The Morgan fingerprint density at radius 2 is 1.94 bits per heavy atom. The standard InChI is InChI=1S/C24H32ClFN4O2/c1-24(2,3)16(23(32)28(4)5)13-20(31)21-19-14-29(6)10-7-11-30(19)22(27-21)15-8-9-18(26)17(25)12-15/h8-9,12,16H,7,10-11,13-14H2,1-6H3/t16-/m1/s1. The van der Waals surface area contributed by atoms with Crippen LogP contribution in [0.5, 0.6) is 0 Å². The fourth-order valence-electron chi connectivity index (χ4n) is 4.16. The van der Waals surface area contributed by atoms with Crippen LogP contribution in [0.2, 0.25) is 5.02 Å². The van der Waals surface area contributed by atoms with Gasteiger partial charge in [-0.25, -0.2) is 9.37 Å². The molecule has 1 aromatic carbocycles. The molecule has 1 aromatic heterocycles. The van der Waals surface area contributed by atoms with E-state index in [2.05, 4.69) is 4.90 Å². The minimum absolute atomic E-state index is 0.0165. The van der Waals surface area contributed by atoms with E-state index in [0.717, 1.165) is 18.7 Å². The van der Waals surface area contributed by atoms with Crippen LogP contribution < -0.4 is 0 Å². The number of imidazole rings is 1. The molecule has 1 aliphatic rings. The third-order valence-electron chi connectivity index (χ3n) is 6.03. The van der Waals surface area contributed by atoms with Crippen LogP contribution >= 0.6 is 11.6 Å². The van der Waals surface area contributed by atoms with E-state index in [9.17, 15) is 14.0 Å². The first-order valence-corrected chi connectivity index (χ1v) is 11.3. The maximum Gasteiger partial charge on any atom is 0.226 e. The van der Waals surface area contributed by atoms with Crippen LogP contribution in [0.25, 0.3) is 11.4 Å². The normalized spacial score (nSPS) is 15.8. The summed E-state index contributed by atoms with van der Waals surface area (Å²) in [6.07, 6.45) is 0.983. The Morgan fingerprint density at radius 1 is 1.25 bits per heavy atom. The van der Waals surface area contributed by atoms with Gasteiger partial charge in [0.2, 0.25) is 5.91 Å². The highest BCUT2D eigenvalue weighted by molar-refractivity contribution is 6.31. The fourth-order valence-corrected chi connectivity index (χ4v) is 4.34. The van der Waals surface area contributed by atoms with Crippen LogP contribution in [-0.2, 0) is 17.9 Å². The van der Waals surface area contributed by atoms with Gasteiger partial charge in [-0.3, -0.25) is 9.59 Å². The summed E-state index contributed by atoms with van der Waals surface area (Å²) >= 11 is 6.03. The number of Topliss-reactive ketones (excluding diaryl/α,β-unsaturated/α-hetero) is 1. The Labute approximate surface area is 194 Å². The van der Waals surface area contributed by atoms with Crippen LogP contribution in [-0.4, -0.2) is 58.7 Å². The first kappa shape index (κ1) is 24.4. The van der Waals surface area contributed by atoms with Crippen LogP contribution in [0, 0.1) is 17.2 Å². The molecule has 1 amide bonds. The molecule has 1 aliphatic heterocycles. The van der Waals surface area contributed by atoms with Crippen molar-refractivity contribution in [3.63, 3.8) is 0 Å². The largest absolute Gasteiger partial charge is 0.349 e. The van der Waals surface area contributed by atoms with E-state index in [0.29, 0.717) is 30.2 Å². The zero-order valence-corrected chi connectivity index (χ0v) is 20.5. The summed E-state index contributed by atoms with van der Waals surface area (Å²) < 4.78 is 15.8. The summed E-state index contributed by atoms with van der Waals surface area (Å²) in [7, 11) is 5.43. The van der Waals surface area contributed by atoms with Gasteiger partial charge >= 0.3 is 0 Å². The third kappa shape index (κ3) is 5.04. The van der Waals surface area contributed by atoms with Crippen LogP contribution in [0.15, 0.2) is 18.2 Å². The first-order valence-electron chi connectivity index (χ1n) is 10.9. The number of nitrogens with zero attached hydrogens (tertiary/aromatic N) is 4. The number of amides is 1. The maximum absolute atomic E-state index is 13.7. The van der Waals surface area contributed by atoms with Crippen LogP contribution in [0.4, 0.5) is 4.39 Å². The Hall–Kier alpha value is -2.25. The van der Waals surface area contributed by atoms with E-state index < -0.39 is 11.7 Å². The zero-order chi connectivity index (χ0) is 23.8. The van der Waals surface area contributed by atoms with E-state index in [-0.39, 0.29) is 28.5 Å². The molecule has 174 valence electrons. The van der Waals surface area contributed by atoms with Crippen molar-refractivity contribution in [3.05, 3.63) is 40.4 Å². The summed E-state index contributed by atoms with van der Waals surface area (Å²) in [5.74, 6) is -0.580. The van der Waals surface area contributed by atoms with Gasteiger partial charge in [0.25, 0.3) is 0 Å². The van der Waals surface area contributed by atoms with Gasteiger partial charge < -0.3 is 14.4 Å². The van der Waals surface area contributed by atoms with Gasteiger partial charge in [0, 0.05) is 39.2 Å². The van der Waals surface area contributed by atoms with Crippen LogP contribution in [0.3, 0.4) is 0 Å². The molecule has 2 heterocycles. The molecule has 0 fully saturated rings. The summed E-state index contributed by atoms with van der Waals surface area (Å²) in [6, 6.07) is 4.49. The predicted molar refractivity (Wildman–Crippen MR) is 124 cm³/mol. The number of halogens is 2. The Bertz CT molecular complexity index is 1030. The molecule has 0 saturated carbocycles. The average Bonchev–Trinajstić information content (AvgIpc) is 2.93. The molecule has 3 rings (SSSR count). The number of benzene rings is 1. The molecule has 0 spiro atoms. The second kappa shape index (κ2) is 9.32. The number of hydrogen-bond acceptors (Lipinski definition) is 4. The van der Waals surface area contributed by atoms with Gasteiger partial charge in [0.05, 0.1) is 16.6 Å². The van der Waals surface area contributed by atoms with Crippen molar-refractivity contribution in [1.82, 2.24) is 19.4 Å². The highest BCUT2D eigenvalue weighted by atomic mass is 35.5. The average molecular weight is 463 g/mol. The minimum Gasteiger partial charge on any atom is -0.349 e. The molecule has 1 atom stereocenters. The number of ketones is 1. The summed E-state index contributed by atoms with van der Waals surface area (Å²) in [4.78, 5) is 34.8. The monoisotopic (exact) mass is 462 g/mol. The molecule has 0 saturated heterocycles. The molecule has 32 heavy (non-hydrogen) atoms.